The van der Waals surface area contributed by atoms with Gasteiger partial charge in [0.05, 0.1) is 4.92 Å². The van der Waals surface area contributed by atoms with Crippen molar-refractivity contribution in [3.63, 3.8) is 0 Å². The van der Waals surface area contributed by atoms with Gasteiger partial charge in [0.2, 0.25) is 11.8 Å². The van der Waals surface area contributed by atoms with E-state index in [0.29, 0.717) is 19.0 Å². The van der Waals surface area contributed by atoms with E-state index in [1.165, 1.54) is 10.9 Å². The lowest BCUT2D eigenvalue weighted by molar-refractivity contribution is -0.384. The summed E-state index contributed by atoms with van der Waals surface area (Å²) in [6, 6.07) is 10.7. The van der Waals surface area contributed by atoms with Crippen LogP contribution in [-0.4, -0.2) is 46.0 Å². The quantitative estimate of drug-likeness (QED) is 0.505. The molecule has 29 heavy (non-hydrogen) atoms. The van der Waals surface area contributed by atoms with Crippen LogP contribution in [0.15, 0.2) is 42.6 Å². The Kier molecular flexibility index (Phi) is 5.36. The van der Waals surface area contributed by atoms with E-state index in [0.717, 1.165) is 36.3 Å². The Hall–Kier alpha value is -3.11. The lowest BCUT2D eigenvalue weighted by Crippen LogP contribution is -2.46. The van der Waals surface area contributed by atoms with Gasteiger partial charge >= 0.3 is 5.69 Å². The van der Waals surface area contributed by atoms with Gasteiger partial charge in [-0.2, -0.15) is 4.98 Å². The highest BCUT2D eigenvalue weighted by molar-refractivity contribution is 7.15. The zero-order valence-electron chi connectivity index (χ0n) is 15.5. The minimum atomic E-state index is -0.587. The van der Waals surface area contributed by atoms with E-state index in [2.05, 4.69) is 20.9 Å². The predicted molar refractivity (Wildman–Crippen MR) is 110 cm³/mol. The highest BCUT2D eigenvalue weighted by atomic mass is 32.1. The summed E-state index contributed by atoms with van der Waals surface area (Å²) in [6.07, 6.45) is 1.16. The number of nitro groups is 1. The molecule has 1 fully saturated rings. The van der Waals surface area contributed by atoms with E-state index in [4.69, 9.17) is 5.73 Å². The maximum Gasteiger partial charge on any atom is 0.329 e. The van der Waals surface area contributed by atoms with Gasteiger partial charge in [-0.25, -0.2) is 9.37 Å². The van der Waals surface area contributed by atoms with E-state index in [1.54, 1.807) is 23.5 Å². The molecule has 0 bridgehead atoms. The number of piperazine rings is 1. The summed E-state index contributed by atoms with van der Waals surface area (Å²) in [5.41, 5.74) is 6.28. The molecule has 0 radical (unpaired) electrons. The van der Waals surface area contributed by atoms with Crippen molar-refractivity contribution < 1.29 is 9.31 Å². The molecule has 1 aliphatic rings. The molecule has 1 saturated heterocycles. The van der Waals surface area contributed by atoms with Crippen LogP contribution in [0.2, 0.25) is 0 Å². The van der Waals surface area contributed by atoms with Crippen LogP contribution in [0.5, 0.6) is 0 Å². The molecule has 0 amide bonds. The molecule has 3 heterocycles. The topological polar surface area (TPSA) is 101 Å². The molecule has 2 N–H and O–H groups in total. The number of hydrogen-bond acceptors (Lipinski definition) is 8. The molecule has 8 nitrogen and oxygen atoms in total. The number of aromatic nitrogens is 2. The number of nitrogen functional groups attached to an aromatic ring is 1. The Balaban J connectivity index is 1.36. The summed E-state index contributed by atoms with van der Waals surface area (Å²) >= 11 is 1.66. The van der Waals surface area contributed by atoms with Crippen molar-refractivity contribution in [1.29, 1.82) is 0 Å². The number of hydrogen-bond donors (Lipinski definition) is 1. The van der Waals surface area contributed by atoms with Crippen molar-refractivity contribution in [3.05, 3.63) is 63.4 Å². The Bertz CT molecular complexity index is 1040. The summed E-state index contributed by atoms with van der Waals surface area (Å²) in [4.78, 5) is 25.0. The van der Waals surface area contributed by atoms with Gasteiger partial charge in [0.1, 0.15) is 12.0 Å². The first kappa shape index (κ1) is 19.2. The first-order valence-electron chi connectivity index (χ1n) is 9.08. The number of thiophene rings is 1. The minimum Gasteiger partial charge on any atom is -0.378 e. The molecule has 0 aliphatic carbocycles. The second-order valence-corrected chi connectivity index (χ2v) is 7.91. The van der Waals surface area contributed by atoms with Gasteiger partial charge in [-0.1, -0.05) is 12.1 Å². The minimum absolute atomic E-state index is 0.120. The van der Waals surface area contributed by atoms with Gasteiger partial charge in [0, 0.05) is 42.5 Å². The lowest BCUT2D eigenvalue weighted by atomic mass is 10.2. The van der Waals surface area contributed by atoms with Crippen LogP contribution in [0.1, 0.15) is 4.88 Å². The molecule has 0 saturated carbocycles. The third kappa shape index (κ3) is 4.33. The van der Waals surface area contributed by atoms with E-state index in [1.807, 2.05) is 17.0 Å². The van der Waals surface area contributed by atoms with Crippen molar-refractivity contribution in [2.24, 2.45) is 0 Å². The second kappa shape index (κ2) is 8.10. The molecular formula is C19H19FN6O2S. The van der Waals surface area contributed by atoms with E-state index in [-0.39, 0.29) is 17.3 Å². The molecule has 1 aliphatic heterocycles. The number of nitrogens with two attached hydrogens (primary N) is 1. The smallest absolute Gasteiger partial charge is 0.329 e. The summed E-state index contributed by atoms with van der Waals surface area (Å²) < 4.78 is 13.4. The Morgan fingerprint density at radius 2 is 2.00 bits per heavy atom. The Labute approximate surface area is 170 Å². The average molecular weight is 414 g/mol. The van der Waals surface area contributed by atoms with Gasteiger partial charge in [0.15, 0.2) is 0 Å². The summed E-state index contributed by atoms with van der Waals surface area (Å²) in [6.45, 7) is 3.86. The highest BCUT2D eigenvalue weighted by Gasteiger charge is 2.22. The van der Waals surface area contributed by atoms with Crippen molar-refractivity contribution >= 4 is 28.8 Å². The predicted octanol–water partition coefficient (Wildman–Crippen LogP) is 3.16. The molecule has 3 aromatic rings. The van der Waals surface area contributed by atoms with Gasteiger partial charge in [-0.3, -0.25) is 15.0 Å². The molecule has 1 aromatic carbocycles. The largest absolute Gasteiger partial charge is 0.378 e. The van der Waals surface area contributed by atoms with Crippen LogP contribution in [0.3, 0.4) is 0 Å². The van der Waals surface area contributed by atoms with Crippen molar-refractivity contribution in [3.8, 4) is 10.4 Å². The highest BCUT2D eigenvalue weighted by Crippen LogP contribution is 2.29. The standard InChI is InChI=1S/C19H19FN6O2S/c20-14-3-1-2-13(10-14)17-5-4-15(29-17)12-24-6-8-25(9-7-24)19-22-11-16(26(27)28)18(21)23-19/h1-5,10-11H,6-9,12H2,(H2,21,22,23). The fourth-order valence-corrected chi connectivity index (χ4v) is 4.30. The molecular weight excluding hydrogens is 395 g/mol. The fourth-order valence-electron chi connectivity index (χ4n) is 3.26. The number of rotatable bonds is 5. The van der Waals surface area contributed by atoms with Crippen LogP contribution >= 0.6 is 11.3 Å². The van der Waals surface area contributed by atoms with E-state index in [9.17, 15) is 14.5 Å². The third-order valence-corrected chi connectivity index (χ3v) is 5.91. The summed E-state index contributed by atoms with van der Waals surface area (Å²) in [5, 5.41) is 10.8. The zero-order valence-corrected chi connectivity index (χ0v) is 16.3. The van der Waals surface area contributed by atoms with Crippen LogP contribution in [0.4, 0.5) is 21.8 Å². The second-order valence-electron chi connectivity index (χ2n) is 6.74. The fraction of sp³-hybridized carbons (Fsp3) is 0.263. The first-order valence-corrected chi connectivity index (χ1v) is 9.90. The molecule has 10 heteroatoms. The van der Waals surface area contributed by atoms with Gasteiger partial charge in [-0.15, -0.1) is 11.3 Å². The van der Waals surface area contributed by atoms with Crippen LogP contribution in [0.25, 0.3) is 10.4 Å². The van der Waals surface area contributed by atoms with Crippen molar-refractivity contribution in [2.75, 3.05) is 36.8 Å². The van der Waals surface area contributed by atoms with Crippen molar-refractivity contribution in [2.45, 2.75) is 6.54 Å². The van der Waals surface area contributed by atoms with Crippen molar-refractivity contribution in [1.82, 2.24) is 14.9 Å². The molecule has 0 unspecified atom stereocenters. The Morgan fingerprint density at radius 1 is 1.21 bits per heavy atom. The zero-order chi connectivity index (χ0) is 20.4. The Morgan fingerprint density at radius 3 is 2.69 bits per heavy atom. The SMILES string of the molecule is Nc1nc(N2CCN(Cc3ccc(-c4cccc(F)c4)s3)CC2)ncc1[N+](=O)[O-]. The number of nitrogens with zero attached hydrogens (tertiary/aromatic N) is 5. The number of halogens is 1. The monoisotopic (exact) mass is 414 g/mol. The summed E-state index contributed by atoms with van der Waals surface area (Å²) in [5.74, 6) is 0.0610. The van der Waals surface area contributed by atoms with Gasteiger partial charge < -0.3 is 10.6 Å². The first-order chi connectivity index (χ1) is 14.0. The third-order valence-electron chi connectivity index (χ3n) is 4.79. The van der Waals surface area contributed by atoms with E-state index < -0.39 is 4.92 Å². The van der Waals surface area contributed by atoms with Crippen LogP contribution in [0, 0.1) is 15.9 Å². The van der Waals surface area contributed by atoms with Crippen LogP contribution < -0.4 is 10.6 Å². The van der Waals surface area contributed by atoms with Gasteiger partial charge in [0.25, 0.3) is 0 Å². The normalized spacial score (nSPS) is 14.9. The summed E-state index contributed by atoms with van der Waals surface area (Å²) in [7, 11) is 0. The molecule has 0 atom stereocenters. The number of benzene rings is 1. The molecule has 2 aromatic heterocycles. The van der Waals surface area contributed by atoms with Gasteiger partial charge in [-0.05, 0) is 29.8 Å². The maximum atomic E-state index is 13.4. The molecule has 0 spiro atoms. The maximum absolute atomic E-state index is 13.4. The lowest BCUT2D eigenvalue weighted by Gasteiger charge is -2.34. The average Bonchev–Trinajstić information content (AvgIpc) is 3.17. The molecule has 150 valence electrons. The van der Waals surface area contributed by atoms with E-state index >= 15 is 0 Å². The molecule has 4 rings (SSSR count). The number of anilines is 2. The van der Waals surface area contributed by atoms with Crippen LogP contribution in [-0.2, 0) is 6.54 Å².